The van der Waals surface area contributed by atoms with Crippen molar-refractivity contribution in [1.82, 2.24) is 0 Å². The maximum Gasteiger partial charge on any atom is 0.387 e. The van der Waals surface area contributed by atoms with Crippen LogP contribution in [0.1, 0.15) is 24.1 Å². The number of aryl methyl sites for hydroxylation is 1. The summed E-state index contributed by atoms with van der Waals surface area (Å²) in [5.74, 6) is 0.190. The Labute approximate surface area is 131 Å². The van der Waals surface area contributed by atoms with Gasteiger partial charge < -0.3 is 10.1 Å². The number of nitrogens with one attached hydrogen (secondary N) is 1. The molecular formula is C16H16BrF2NO. The summed E-state index contributed by atoms with van der Waals surface area (Å²) in [6.07, 6.45) is 0. The molecule has 5 heteroatoms. The fourth-order valence-corrected chi connectivity index (χ4v) is 2.70. The average molecular weight is 356 g/mol. The summed E-state index contributed by atoms with van der Waals surface area (Å²) in [7, 11) is 0. The second-order valence-electron chi connectivity index (χ2n) is 4.77. The van der Waals surface area contributed by atoms with Gasteiger partial charge in [0, 0.05) is 15.7 Å². The normalized spacial score (nSPS) is 12.3. The summed E-state index contributed by atoms with van der Waals surface area (Å²) < 4.78 is 30.4. The molecule has 0 amide bonds. The van der Waals surface area contributed by atoms with E-state index in [9.17, 15) is 8.78 Å². The van der Waals surface area contributed by atoms with Crippen LogP contribution >= 0.6 is 15.9 Å². The summed E-state index contributed by atoms with van der Waals surface area (Å²) in [6, 6.07) is 12.6. The number of para-hydroxylation sites is 1. The molecule has 0 saturated carbocycles. The van der Waals surface area contributed by atoms with Crippen molar-refractivity contribution < 1.29 is 13.5 Å². The zero-order valence-electron chi connectivity index (χ0n) is 11.7. The molecule has 0 aliphatic heterocycles. The lowest BCUT2D eigenvalue weighted by Gasteiger charge is -2.20. The Morgan fingerprint density at radius 1 is 1.14 bits per heavy atom. The van der Waals surface area contributed by atoms with Crippen molar-refractivity contribution >= 4 is 21.6 Å². The third-order valence-electron chi connectivity index (χ3n) is 3.10. The standard InChI is InChI=1S/C16H16BrF2NO/c1-10-7-8-14(13(17)9-10)20-11(2)12-5-3-4-6-15(12)21-16(18)19/h3-9,11,16,20H,1-2H3. The molecule has 2 nitrogen and oxygen atoms in total. The van der Waals surface area contributed by atoms with Gasteiger partial charge in [0.05, 0.1) is 6.04 Å². The number of hydrogen-bond acceptors (Lipinski definition) is 2. The van der Waals surface area contributed by atoms with Gasteiger partial charge in [0.2, 0.25) is 0 Å². The van der Waals surface area contributed by atoms with Crippen LogP contribution in [-0.2, 0) is 0 Å². The lowest BCUT2D eigenvalue weighted by atomic mass is 10.1. The Morgan fingerprint density at radius 2 is 1.86 bits per heavy atom. The van der Waals surface area contributed by atoms with Gasteiger partial charge in [-0.15, -0.1) is 0 Å². The molecule has 0 aromatic heterocycles. The van der Waals surface area contributed by atoms with Gasteiger partial charge >= 0.3 is 6.61 Å². The van der Waals surface area contributed by atoms with Crippen molar-refractivity contribution in [2.24, 2.45) is 0 Å². The van der Waals surface area contributed by atoms with Gasteiger partial charge in [0.25, 0.3) is 0 Å². The molecule has 112 valence electrons. The van der Waals surface area contributed by atoms with E-state index >= 15 is 0 Å². The fraction of sp³-hybridized carbons (Fsp3) is 0.250. The van der Waals surface area contributed by atoms with Crippen molar-refractivity contribution in [3.63, 3.8) is 0 Å². The molecule has 0 heterocycles. The van der Waals surface area contributed by atoms with E-state index in [1.54, 1.807) is 24.3 Å². The van der Waals surface area contributed by atoms with Gasteiger partial charge in [-0.3, -0.25) is 0 Å². The summed E-state index contributed by atoms with van der Waals surface area (Å²) in [4.78, 5) is 0. The number of halogens is 3. The molecule has 0 spiro atoms. The molecule has 0 radical (unpaired) electrons. The third-order valence-corrected chi connectivity index (χ3v) is 3.75. The highest BCUT2D eigenvalue weighted by atomic mass is 79.9. The Balaban J connectivity index is 2.22. The molecule has 2 rings (SSSR count). The predicted molar refractivity (Wildman–Crippen MR) is 84.0 cm³/mol. The average Bonchev–Trinajstić information content (AvgIpc) is 2.42. The summed E-state index contributed by atoms with van der Waals surface area (Å²) in [5.41, 5.74) is 2.73. The van der Waals surface area contributed by atoms with Crippen LogP contribution in [0, 0.1) is 6.92 Å². The Kier molecular flexibility index (Phi) is 5.17. The first-order valence-electron chi connectivity index (χ1n) is 6.54. The molecule has 0 saturated heterocycles. The number of anilines is 1. The van der Waals surface area contributed by atoms with Crippen molar-refractivity contribution in [2.45, 2.75) is 26.5 Å². The number of rotatable bonds is 5. The molecule has 0 fully saturated rings. The molecule has 2 aromatic rings. The molecule has 0 aliphatic carbocycles. The minimum atomic E-state index is -2.83. The highest BCUT2D eigenvalue weighted by molar-refractivity contribution is 9.10. The largest absolute Gasteiger partial charge is 0.434 e. The van der Waals surface area contributed by atoms with Gasteiger partial charge in [-0.05, 0) is 53.5 Å². The Hall–Kier alpha value is -1.62. The zero-order valence-corrected chi connectivity index (χ0v) is 13.3. The molecule has 0 bridgehead atoms. The maximum absolute atomic E-state index is 12.4. The van der Waals surface area contributed by atoms with Gasteiger partial charge in [0.15, 0.2) is 0 Å². The Morgan fingerprint density at radius 3 is 2.52 bits per heavy atom. The smallest absolute Gasteiger partial charge is 0.387 e. The summed E-state index contributed by atoms with van der Waals surface area (Å²) >= 11 is 3.49. The summed E-state index contributed by atoms with van der Waals surface area (Å²) in [5, 5.41) is 3.30. The van der Waals surface area contributed by atoms with E-state index in [0.717, 1.165) is 15.7 Å². The Bertz CT molecular complexity index is 619. The van der Waals surface area contributed by atoms with E-state index in [2.05, 4.69) is 26.0 Å². The van der Waals surface area contributed by atoms with Gasteiger partial charge in [-0.1, -0.05) is 24.3 Å². The van der Waals surface area contributed by atoms with E-state index < -0.39 is 6.61 Å². The van der Waals surface area contributed by atoms with E-state index in [1.165, 1.54) is 0 Å². The molecule has 1 unspecified atom stereocenters. The topological polar surface area (TPSA) is 21.3 Å². The lowest BCUT2D eigenvalue weighted by molar-refractivity contribution is -0.0505. The van der Waals surface area contributed by atoms with Gasteiger partial charge in [-0.2, -0.15) is 8.78 Å². The fourth-order valence-electron chi connectivity index (χ4n) is 2.09. The highest BCUT2D eigenvalue weighted by Crippen LogP contribution is 2.31. The predicted octanol–water partition coefficient (Wildman–Crippen LogP) is 5.53. The summed E-state index contributed by atoms with van der Waals surface area (Å²) in [6.45, 7) is 1.08. The van der Waals surface area contributed by atoms with E-state index in [1.807, 2.05) is 32.0 Å². The van der Waals surface area contributed by atoms with Crippen LogP contribution in [0.3, 0.4) is 0 Å². The number of ether oxygens (including phenoxy) is 1. The second-order valence-corrected chi connectivity index (χ2v) is 5.62. The molecule has 1 atom stereocenters. The second kappa shape index (κ2) is 6.89. The molecule has 21 heavy (non-hydrogen) atoms. The minimum absolute atomic E-state index is 0.168. The first-order chi connectivity index (χ1) is 9.97. The molecular weight excluding hydrogens is 340 g/mol. The van der Waals surface area contributed by atoms with Crippen LogP contribution in [-0.4, -0.2) is 6.61 Å². The SMILES string of the molecule is Cc1ccc(NC(C)c2ccccc2OC(F)F)c(Br)c1. The lowest BCUT2D eigenvalue weighted by Crippen LogP contribution is -2.11. The van der Waals surface area contributed by atoms with Crippen LogP contribution in [0.2, 0.25) is 0 Å². The van der Waals surface area contributed by atoms with Gasteiger partial charge in [-0.25, -0.2) is 0 Å². The van der Waals surface area contributed by atoms with Crippen LogP contribution < -0.4 is 10.1 Å². The van der Waals surface area contributed by atoms with Crippen molar-refractivity contribution in [3.05, 3.63) is 58.1 Å². The van der Waals surface area contributed by atoms with E-state index in [-0.39, 0.29) is 11.8 Å². The molecule has 2 aromatic carbocycles. The van der Waals surface area contributed by atoms with Gasteiger partial charge in [0.1, 0.15) is 5.75 Å². The zero-order chi connectivity index (χ0) is 15.4. The van der Waals surface area contributed by atoms with Crippen molar-refractivity contribution in [3.8, 4) is 5.75 Å². The molecule has 0 aliphatic rings. The number of benzene rings is 2. The monoisotopic (exact) mass is 355 g/mol. The first kappa shape index (κ1) is 15.8. The van der Waals surface area contributed by atoms with Crippen LogP contribution in [0.15, 0.2) is 46.9 Å². The quantitative estimate of drug-likeness (QED) is 0.760. The van der Waals surface area contributed by atoms with Crippen LogP contribution in [0.4, 0.5) is 14.5 Å². The molecule has 1 N–H and O–H groups in total. The number of alkyl halides is 2. The van der Waals surface area contributed by atoms with Crippen molar-refractivity contribution in [1.29, 1.82) is 0 Å². The van der Waals surface area contributed by atoms with Crippen LogP contribution in [0.5, 0.6) is 5.75 Å². The highest BCUT2D eigenvalue weighted by Gasteiger charge is 2.15. The number of hydrogen-bond donors (Lipinski definition) is 1. The van der Waals surface area contributed by atoms with Crippen molar-refractivity contribution in [2.75, 3.05) is 5.32 Å². The third kappa shape index (κ3) is 4.17. The van der Waals surface area contributed by atoms with E-state index in [0.29, 0.717) is 5.56 Å². The van der Waals surface area contributed by atoms with Crippen LogP contribution in [0.25, 0.3) is 0 Å². The maximum atomic E-state index is 12.4. The first-order valence-corrected chi connectivity index (χ1v) is 7.33. The minimum Gasteiger partial charge on any atom is -0.434 e. The van der Waals surface area contributed by atoms with E-state index in [4.69, 9.17) is 0 Å².